The molecule has 1 heterocycles. The van der Waals surface area contributed by atoms with Gasteiger partial charge in [0.15, 0.2) is 0 Å². The quantitative estimate of drug-likeness (QED) is 0.417. The highest BCUT2D eigenvalue weighted by Gasteiger charge is 2.49. The molecule has 34 heavy (non-hydrogen) atoms. The van der Waals surface area contributed by atoms with Gasteiger partial charge < -0.3 is 9.64 Å². The summed E-state index contributed by atoms with van der Waals surface area (Å²) in [7, 11) is 0. The molecule has 0 radical (unpaired) electrons. The van der Waals surface area contributed by atoms with Crippen LogP contribution >= 0.6 is 0 Å². The molecule has 3 aromatic rings. The van der Waals surface area contributed by atoms with Gasteiger partial charge in [-0.05, 0) is 78.6 Å². The molecule has 2 aliphatic carbocycles. The van der Waals surface area contributed by atoms with Crippen molar-refractivity contribution in [1.82, 2.24) is 15.1 Å². The lowest BCUT2D eigenvalue weighted by atomic mass is 9.98. The van der Waals surface area contributed by atoms with Gasteiger partial charge in [-0.15, -0.1) is 0 Å². The van der Waals surface area contributed by atoms with E-state index in [0.29, 0.717) is 18.7 Å². The van der Waals surface area contributed by atoms with E-state index in [1.54, 1.807) is 36.5 Å². The lowest BCUT2D eigenvalue weighted by molar-refractivity contribution is -0.136. The molecule has 2 fully saturated rings. The second-order valence-corrected chi connectivity index (χ2v) is 8.91. The Morgan fingerprint density at radius 2 is 1.79 bits per heavy atom. The summed E-state index contributed by atoms with van der Waals surface area (Å²) in [4.78, 5) is 15.7. The molecular formula is C26H24F3N3O2. The maximum Gasteiger partial charge on any atom is 0.387 e. The van der Waals surface area contributed by atoms with E-state index in [0.717, 1.165) is 24.0 Å². The van der Waals surface area contributed by atoms with Crippen LogP contribution in [0.15, 0.2) is 66.9 Å². The molecule has 0 bridgehead atoms. The molecule has 8 heteroatoms. The van der Waals surface area contributed by atoms with Gasteiger partial charge in [0.1, 0.15) is 11.6 Å². The van der Waals surface area contributed by atoms with E-state index in [4.69, 9.17) is 0 Å². The highest BCUT2D eigenvalue weighted by molar-refractivity contribution is 5.83. The van der Waals surface area contributed by atoms with Crippen LogP contribution in [-0.2, 0) is 11.3 Å². The Kier molecular flexibility index (Phi) is 6.22. The van der Waals surface area contributed by atoms with Gasteiger partial charge in [0.25, 0.3) is 0 Å². The van der Waals surface area contributed by atoms with Gasteiger partial charge in [-0.3, -0.25) is 4.79 Å². The predicted molar refractivity (Wildman–Crippen MR) is 118 cm³/mol. The number of halogens is 3. The number of carbonyl (C=O) groups is 1. The zero-order valence-electron chi connectivity index (χ0n) is 18.4. The smallest absolute Gasteiger partial charge is 0.387 e. The molecule has 0 N–H and O–H groups in total. The lowest BCUT2D eigenvalue weighted by Crippen LogP contribution is -2.37. The van der Waals surface area contributed by atoms with E-state index in [1.807, 2.05) is 11.0 Å². The molecule has 2 aliphatic rings. The molecule has 176 valence electrons. The summed E-state index contributed by atoms with van der Waals surface area (Å²) in [5.41, 5.74) is 2.51. The summed E-state index contributed by atoms with van der Waals surface area (Å²) >= 11 is 0. The van der Waals surface area contributed by atoms with E-state index < -0.39 is 6.61 Å². The number of hydrogen-bond donors (Lipinski definition) is 0. The normalized spacial score (nSPS) is 20.1. The van der Waals surface area contributed by atoms with Crippen LogP contribution in [0.5, 0.6) is 5.75 Å². The lowest BCUT2D eigenvalue weighted by Gasteiger charge is -2.33. The van der Waals surface area contributed by atoms with Gasteiger partial charge in [0.2, 0.25) is 5.91 Å². The third kappa shape index (κ3) is 5.05. The van der Waals surface area contributed by atoms with E-state index in [1.165, 1.54) is 24.3 Å². The van der Waals surface area contributed by atoms with Gasteiger partial charge in [-0.2, -0.15) is 19.0 Å². The number of rotatable bonds is 9. The van der Waals surface area contributed by atoms with E-state index in [-0.39, 0.29) is 41.3 Å². The zero-order chi connectivity index (χ0) is 23.7. The summed E-state index contributed by atoms with van der Waals surface area (Å²) < 4.78 is 43.0. The van der Waals surface area contributed by atoms with Gasteiger partial charge in [0.05, 0.1) is 18.3 Å². The van der Waals surface area contributed by atoms with Crippen LogP contribution < -0.4 is 4.74 Å². The van der Waals surface area contributed by atoms with Crippen molar-refractivity contribution < 1.29 is 22.7 Å². The summed E-state index contributed by atoms with van der Waals surface area (Å²) in [6.07, 6.45) is 4.26. The van der Waals surface area contributed by atoms with Crippen molar-refractivity contribution in [2.75, 3.05) is 0 Å². The second-order valence-electron chi connectivity index (χ2n) is 8.91. The van der Waals surface area contributed by atoms with Crippen LogP contribution in [0.25, 0.3) is 0 Å². The van der Waals surface area contributed by atoms with E-state index >= 15 is 0 Å². The van der Waals surface area contributed by atoms with Gasteiger partial charge >= 0.3 is 6.61 Å². The molecule has 5 rings (SSSR count). The third-order valence-corrected chi connectivity index (χ3v) is 6.50. The number of benzene rings is 2. The maximum atomic E-state index is 13.8. The Hall–Kier alpha value is -3.42. The van der Waals surface area contributed by atoms with Crippen molar-refractivity contribution in [3.63, 3.8) is 0 Å². The monoisotopic (exact) mass is 467 g/mol. The average Bonchev–Trinajstić information content (AvgIpc) is 3.75. The van der Waals surface area contributed by atoms with Crippen LogP contribution in [-0.4, -0.2) is 27.6 Å². The predicted octanol–water partition coefficient (Wildman–Crippen LogP) is 5.50. The Morgan fingerprint density at radius 1 is 1.06 bits per heavy atom. The molecule has 3 atom stereocenters. The van der Waals surface area contributed by atoms with Crippen LogP contribution in [0.1, 0.15) is 48.0 Å². The Bertz CT molecular complexity index is 1120. The molecule has 2 saturated carbocycles. The number of nitrogens with zero attached hydrogens (tertiary/aromatic N) is 3. The highest BCUT2D eigenvalue weighted by Crippen LogP contribution is 2.52. The number of aromatic nitrogens is 2. The van der Waals surface area contributed by atoms with E-state index in [2.05, 4.69) is 14.9 Å². The van der Waals surface area contributed by atoms with Crippen molar-refractivity contribution in [3.8, 4) is 5.75 Å². The molecular weight excluding hydrogens is 443 g/mol. The van der Waals surface area contributed by atoms with Crippen LogP contribution in [0.2, 0.25) is 0 Å². The fourth-order valence-corrected chi connectivity index (χ4v) is 4.63. The fraction of sp³-hybridized carbons (Fsp3) is 0.346. The van der Waals surface area contributed by atoms with Crippen molar-refractivity contribution in [3.05, 3.63) is 89.5 Å². The first-order chi connectivity index (χ1) is 16.5. The molecule has 0 aliphatic heterocycles. The zero-order valence-corrected chi connectivity index (χ0v) is 18.4. The standard InChI is InChI=1S/C26H24F3N3O2/c27-19-9-5-16(6-10-19)22-14-23(22)25(33)32(15-20-2-1-13-30-31-20)24(17-3-4-17)18-7-11-21(12-8-18)34-26(28)29/h1-2,5-13,17,22-24,26H,3-4,14-15H2/t22-,23+,24-/m0/s1. The minimum atomic E-state index is -2.89. The number of alkyl halides is 2. The third-order valence-electron chi connectivity index (χ3n) is 6.50. The summed E-state index contributed by atoms with van der Waals surface area (Å²) in [6.45, 7) is -2.59. The van der Waals surface area contributed by atoms with Gasteiger partial charge in [-0.1, -0.05) is 24.3 Å². The maximum absolute atomic E-state index is 13.8. The Balaban J connectivity index is 1.42. The van der Waals surface area contributed by atoms with Crippen molar-refractivity contribution in [2.24, 2.45) is 11.8 Å². The molecule has 0 saturated heterocycles. The number of amides is 1. The topological polar surface area (TPSA) is 55.3 Å². The van der Waals surface area contributed by atoms with Gasteiger partial charge in [0, 0.05) is 12.1 Å². The molecule has 0 unspecified atom stereocenters. The second kappa shape index (κ2) is 9.44. The van der Waals surface area contributed by atoms with Crippen LogP contribution in [0.3, 0.4) is 0 Å². The number of hydrogen-bond acceptors (Lipinski definition) is 4. The van der Waals surface area contributed by atoms with Crippen molar-refractivity contribution >= 4 is 5.91 Å². The Morgan fingerprint density at radius 3 is 2.41 bits per heavy atom. The number of ether oxygens (including phenoxy) is 1. The SMILES string of the molecule is O=C([C@@H]1C[C@H]1c1ccc(F)cc1)N(Cc1cccnn1)[C@H](c1ccc(OC(F)F)cc1)C1CC1. The average molecular weight is 467 g/mol. The molecule has 2 aromatic carbocycles. The first-order valence-electron chi connectivity index (χ1n) is 11.4. The molecule has 5 nitrogen and oxygen atoms in total. The fourth-order valence-electron chi connectivity index (χ4n) is 4.63. The van der Waals surface area contributed by atoms with Crippen molar-refractivity contribution in [1.29, 1.82) is 0 Å². The first kappa shape index (κ1) is 22.4. The minimum absolute atomic E-state index is 0.0183. The highest BCUT2D eigenvalue weighted by atomic mass is 19.3. The molecule has 1 amide bonds. The summed E-state index contributed by atoms with van der Waals surface area (Å²) in [5.74, 6) is -0.0532. The summed E-state index contributed by atoms with van der Waals surface area (Å²) in [6, 6.07) is 16.3. The molecule has 1 aromatic heterocycles. The first-order valence-corrected chi connectivity index (χ1v) is 11.4. The van der Waals surface area contributed by atoms with Crippen molar-refractivity contribution in [2.45, 2.75) is 44.4 Å². The van der Waals surface area contributed by atoms with Crippen LogP contribution in [0.4, 0.5) is 13.2 Å². The summed E-state index contributed by atoms with van der Waals surface area (Å²) in [5, 5.41) is 8.13. The number of carbonyl (C=O) groups excluding carboxylic acids is 1. The largest absolute Gasteiger partial charge is 0.435 e. The minimum Gasteiger partial charge on any atom is -0.435 e. The van der Waals surface area contributed by atoms with Crippen LogP contribution in [0, 0.1) is 17.7 Å². The van der Waals surface area contributed by atoms with E-state index in [9.17, 15) is 18.0 Å². The van der Waals surface area contributed by atoms with Gasteiger partial charge in [-0.25, -0.2) is 4.39 Å². The molecule has 0 spiro atoms. The Labute approximate surface area is 195 Å².